The van der Waals surface area contributed by atoms with E-state index in [0.29, 0.717) is 5.92 Å². The average Bonchev–Trinajstić information content (AvgIpc) is 2.54. The summed E-state index contributed by atoms with van der Waals surface area (Å²) in [6.45, 7) is 12.5. The van der Waals surface area contributed by atoms with Crippen LogP contribution in [0.1, 0.15) is 56.7 Å². The van der Waals surface area contributed by atoms with Gasteiger partial charge in [0.05, 0.1) is 5.69 Å². The Morgan fingerprint density at radius 1 is 1.24 bits per heavy atom. The third-order valence-corrected chi connectivity index (χ3v) is 5.80. The molecule has 25 heavy (non-hydrogen) atoms. The van der Waals surface area contributed by atoms with Gasteiger partial charge in [-0.2, -0.15) is 0 Å². The van der Waals surface area contributed by atoms with Crippen LogP contribution < -0.4 is 4.90 Å². The maximum Gasteiger partial charge on any atom is 0.0630 e. The first kappa shape index (κ1) is 18.2. The third kappa shape index (κ3) is 3.67. The van der Waals surface area contributed by atoms with Crippen molar-refractivity contribution in [3.8, 4) is 0 Å². The molecule has 2 aromatic carbocycles. The molecule has 0 amide bonds. The number of nitrogens with zero attached hydrogens (tertiary/aromatic N) is 2. The van der Waals surface area contributed by atoms with Gasteiger partial charge < -0.3 is 4.90 Å². The molecule has 1 aliphatic heterocycles. The van der Waals surface area contributed by atoms with Crippen molar-refractivity contribution < 1.29 is 0 Å². The molecule has 0 saturated heterocycles. The van der Waals surface area contributed by atoms with Gasteiger partial charge in [0.2, 0.25) is 0 Å². The highest BCUT2D eigenvalue weighted by molar-refractivity contribution is 9.10. The first-order valence-corrected chi connectivity index (χ1v) is 9.83. The zero-order chi connectivity index (χ0) is 18.2. The molecule has 0 bridgehead atoms. The second-order valence-corrected chi connectivity index (χ2v) is 8.58. The molecule has 1 heterocycles. The molecule has 132 valence electrons. The second-order valence-electron chi connectivity index (χ2n) is 7.66. The normalized spacial score (nSPS) is 19.3. The Kier molecular flexibility index (Phi) is 5.06. The third-order valence-electron chi connectivity index (χ3n) is 5.27. The van der Waals surface area contributed by atoms with Gasteiger partial charge in [0.1, 0.15) is 0 Å². The zero-order valence-corrected chi connectivity index (χ0v) is 17.4. The van der Waals surface area contributed by atoms with Gasteiger partial charge in [0, 0.05) is 28.5 Å². The number of benzene rings is 2. The van der Waals surface area contributed by atoms with Gasteiger partial charge in [-0.05, 0) is 93.1 Å². The van der Waals surface area contributed by atoms with Crippen LogP contribution in [0.2, 0.25) is 0 Å². The maximum atomic E-state index is 4.66. The van der Waals surface area contributed by atoms with E-state index in [0.717, 1.165) is 16.7 Å². The summed E-state index contributed by atoms with van der Waals surface area (Å²) in [5, 5.41) is 0. The fraction of sp³-hybridized carbons (Fsp3) is 0.409. The van der Waals surface area contributed by atoms with Gasteiger partial charge in [0.25, 0.3) is 0 Å². The Bertz CT molecular complexity index is 790. The lowest BCUT2D eigenvalue weighted by atomic mass is 9.79. The minimum absolute atomic E-state index is 0.209. The van der Waals surface area contributed by atoms with E-state index in [1.807, 2.05) is 30.5 Å². The molecule has 0 saturated carbocycles. The minimum Gasteiger partial charge on any atom is -0.366 e. The van der Waals surface area contributed by atoms with Crippen molar-refractivity contribution in [1.82, 2.24) is 0 Å². The quantitative estimate of drug-likeness (QED) is 0.530. The molecule has 2 nitrogen and oxygen atoms in total. The molecule has 0 radical (unpaired) electrons. The molecule has 3 rings (SSSR count). The van der Waals surface area contributed by atoms with Crippen LogP contribution in [-0.4, -0.2) is 18.3 Å². The lowest BCUT2D eigenvalue weighted by Crippen LogP contribution is -2.48. The van der Waals surface area contributed by atoms with E-state index in [9.17, 15) is 0 Å². The lowest BCUT2D eigenvalue weighted by molar-refractivity contribution is 0.381. The van der Waals surface area contributed by atoms with Gasteiger partial charge in [-0.3, -0.25) is 4.99 Å². The summed E-state index contributed by atoms with van der Waals surface area (Å²) in [7, 11) is 0. The van der Waals surface area contributed by atoms with Crippen LogP contribution in [0.4, 0.5) is 11.4 Å². The van der Waals surface area contributed by atoms with Crippen LogP contribution in [0.5, 0.6) is 0 Å². The van der Waals surface area contributed by atoms with E-state index in [1.54, 1.807) is 0 Å². The van der Waals surface area contributed by atoms with Crippen molar-refractivity contribution in [2.45, 2.75) is 52.5 Å². The minimum atomic E-state index is 0.209. The molecule has 1 atom stereocenters. The van der Waals surface area contributed by atoms with Crippen molar-refractivity contribution in [2.24, 2.45) is 4.99 Å². The van der Waals surface area contributed by atoms with E-state index in [-0.39, 0.29) is 5.54 Å². The maximum absolute atomic E-state index is 4.66. The van der Waals surface area contributed by atoms with Crippen LogP contribution in [0, 0.1) is 6.92 Å². The SMILES string of the molecule is CCN1c2cc(C)c(C=Nc3ccc(Br)cc3)cc2[C@H](C)CC1(C)C. The summed E-state index contributed by atoms with van der Waals surface area (Å²) in [4.78, 5) is 7.21. The summed E-state index contributed by atoms with van der Waals surface area (Å²) in [6.07, 6.45) is 3.18. The van der Waals surface area contributed by atoms with Crippen molar-refractivity contribution in [2.75, 3.05) is 11.4 Å². The van der Waals surface area contributed by atoms with Crippen LogP contribution in [0.15, 0.2) is 45.9 Å². The second kappa shape index (κ2) is 6.95. The number of aryl methyl sites for hydroxylation is 1. The Hall–Kier alpha value is -1.61. The molecule has 0 spiro atoms. The number of hydrogen-bond donors (Lipinski definition) is 0. The first-order valence-electron chi connectivity index (χ1n) is 9.03. The van der Waals surface area contributed by atoms with Gasteiger partial charge in [-0.25, -0.2) is 0 Å². The molecule has 0 unspecified atom stereocenters. The van der Waals surface area contributed by atoms with Crippen molar-refractivity contribution in [1.29, 1.82) is 0 Å². The Balaban J connectivity index is 1.99. The molecule has 0 aliphatic carbocycles. The monoisotopic (exact) mass is 398 g/mol. The molecule has 0 aromatic heterocycles. The summed E-state index contributed by atoms with van der Waals surface area (Å²) in [6, 6.07) is 12.8. The standard InChI is InChI=1S/C22H27BrN2/c1-6-25-21-11-15(2)17(12-20(21)16(3)13-22(25,4)5)14-24-19-9-7-18(23)8-10-19/h7-12,14,16H,6,13H2,1-5H3/t16-/m1/s1. The highest BCUT2D eigenvalue weighted by Gasteiger charge is 2.35. The van der Waals surface area contributed by atoms with Crippen LogP contribution >= 0.6 is 15.9 Å². The van der Waals surface area contributed by atoms with E-state index >= 15 is 0 Å². The smallest absolute Gasteiger partial charge is 0.0630 e. The zero-order valence-electron chi connectivity index (χ0n) is 15.8. The number of hydrogen-bond acceptors (Lipinski definition) is 2. The van der Waals surface area contributed by atoms with Gasteiger partial charge in [-0.15, -0.1) is 0 Å². The number of fused-ring (bicyclic) bond motifs is 1. The van der Waals surface area contributed by atoms with Crippen LogP contribution in [0.25, 0.3) is 0 Å². The van der Waals surface area contributed by atoms with Crippen LogP contribution in [-0.2, 0) is 0 Å². The number of anilines is 1. The fourth-order valence-electron chi connectivity index (χ4n) is 4.06. The number of rotatable bonds is 3. The topological polar surface area (TPSA) is 15.6 Å². The van der Waals surface area contributed by atoms with Gasteiger partial charge in [0.15, 0.2) is 0 Å². The molecule has 0 fully saturated rings. The average molecular weight is 399 g/mol. The van der Waals surface area contributed by atoms with Crippen molar-refractivity contribution in [3.63, 3.8) is 0 Å². The van der Waals surface area contributed by atoms with E-state index < -0.39 is 0 Å². The number of aliphatic imine (C=N–C) groups is 1. The molecule has 1 aliphatic rings. The summed E-state index contributed by atoms with van der Waals surface area (Å²) in [5.41, 5.74) is 6.52. The molecule has 0 N–H and O–H groups in total. The van der Waals surface area contributed by atoms with E-state index in [1.165, 1.54) is 28.8 Å². The van der Waals surface area contributed by atoms with Crippen molar-refractivity contribution >= 4 is 33.5 Å². The van der Waals surface area contributed by atoms with E-state index in [4.69, 9.17) is 0 Å². The van der Waals surface area contributed by atoms with E-state index in [2.05, 4.69) is 72.6 Å². The summed E-state index contributed by atoms with van der Waals surface area (Å²) in [5.74, 6) is 0.563. The largest absolute Gasteiger partial charge is 0.366 e. The van der Waals surface area contributed by atoms with Crippen LogP contribution in [0.3, 0.4) is 0 Å². The van der Waals surface area contributed by atoms with Crippen molar-refractivity contribution in [3.05, 3.63) is 57.6 Å². The van der Waals surface area contributed by atoms with Gasteiger partial charge >= 0.3 is 0 Å². The fourth-order valence-corrected chi connectivity index (χ4v) is 4.32. The Morgan fingerprint density at radius 3 is 2.56 bits per heavy atom. The highest BCUT2D eigenvalue weighted by atomic mass is 79.9. The Labute approximate surface area is 160 Å². The highest BCUT2D eigenvalue weighted by Crippen LogP contribution is 2.44. The number of halogens is 1. The summed E-state index contributed by atoms with van der Waals surface area (Å²) < 4.78 is 1.08. The first-order chi connectivity index (χ1) is 11.8. The summed E-state index contributed by atoms with van der Waals surface area (Å²) >= 11 is 3.47. The molecule has 3 heteroatoms. The predicted octanol–water partition coefficient (Wildman–Crippen LogP) is 6.62. The van der Waals surface area contributed by atoms with Gasteiger partial charge in [-0.1, -0.05) is 22.9 Å². The molecular weight excluding hydrogens is 372 g/mol. The predicted molar refractivity (Wildman–Crippen MR) is 113 cm³/mol. The Morgan fingerprint density at radius 2 is 1.92 bits per heavy atom. The molecular formula is C22H27BrN2. The molecule has 2 aromatic rings. The lowest BCUT2D eigenvalue weighted by Gasteiger charge is -2.47.